The highest BCUT2D eigenvalue weighted by Gasteiger charge is 2.57. The molecule has 1 amide bonds. The van der Waals surface area contributed by atoms with Gasteiger partial charge in [-0.05, 0) is 72.5 Å². The van der Waals surface area contributed by atoms with Gasteiger partial charge in [-0.3, -0.25) is 4.79 Å². The molecule has 37 heavy (non-hydrogen) atoms. The second-order valence-corrected chi connectivity index (χ2v) is 12.3. The topological polar surface area (TPSA) is 71.2 Å². The smallest absolute Gasteiger partial charge is 0.328 e. The Bertz CT molecular complexity index is 1250. The second-order valence-electron chi connectivity index (χ2n) is 12.3. The number of amides is 1. The molecule has 198 valence electrons. The average Bonchev–Trinajstić information content (AvgIpc) is 3.30. The van der Waals surface area contributed by atoms with Crippen molar-refractivity contribution in [3.63, 3.8) is 0 Å². The van der Waals surface area contributed by atoms with Gasteiger partial charge in [0.1, 0.15) is 6.04 Å². The molecule has 0 radical (unpaired) electrons. The Labute approximate surface area is 221 Å². The van der Waals surface area contributed by atoms with Gasteiger partial charge in [0.2, 0.25) is 5.91 Å². The summed E-state index contributed by atoms with van der Waals surface area (Å²) in [7, 11) is 1.39. The number of allylic oxidation sites excluding steroid dienone is 4. The molecule has 5 rings (SSSR count). The molecule has 1 heterocycles. The minimum Gasteiger partial charge on any atom is -0.467 e. The van der Waals surface area contributed by atoms with E-state index in [0.29, 0.717) is 18.3 Å². The zero-order valence-corrected chi connectivity index (χ0v) is 23.0. The molecule has 1 aromatic heterocycles. The van der Waals surface area contributed by atoms with Crippen molar-refractivity contribution in [2.45, 2.75) is 78.7 Å². The average molecular weight is 503 g/mol. The van der Waals surface area contributed by atoms with E-state index in [9.17, 15) is 9.59 Å². The van der Waals surface area contributed by atoms with Crippen molar-refractivity contribution in [2.24, 2.45) is 28.6 Å². The maximum absolute atomic E-state index is 14.1. The number of H-pyrrole nitrogens is 1. The van der Waals surface area contributed by atoms with Gasteiger partial charge in [0.25, 0.3) is 0 Å². The van der Waals surface area contributed by atoms with E-state index >= 15 is 0 Å². The van der Waals surface area contributed by atoms with Crippen LogP contribution in [-0.2, 0) is 20.7 Å². The van der Waals surface area contributed by atoms with Crippen molar-refractivity contribution >= 4 is 22.8 Å². The van der Waals surface area contributed by atoms with E-state index in [1.54, 1.807) is 5.57 Å². The number of methoxy groups -OCH3 is 1. The largest absolute Gasteiger partial charge is 0.467 e. The van der Waals surface area contributed by atoms with Crippen LogP contribution >= 0.6 is 0 Å². The van der Waals surface area contributed by atoms with E-state index < -0.39 is 17.4 Å². The highest BCUT2D eigenvalue weighted by atomic mass is 16.5. The molecule has 1 aromatic carbocycles. The number of fused-ring (bicyclic) bond motifs is 4. The first-order valence-corrected chi connectivity index (χ1v) is 14.0. The Morgan fingerprint density at radius 3 is 2.73 bits per heavy atom. The Morgan fingerprint density at radius 1 is 1.19 bits per heavy atom. The van der Waals surface area contributed by atoms with Gasteiger partial charge in [0.05, 0.1) is 12.5 Å². The Balaban J connectivity index is 1.40. The number of hydrogen-bond acceptors (Lipinski definition) is 3. The van der Waals surface area contributed by atoms with Crippen molar-refractivity contribution < 1.29 is 14.3 Å². The molecule has 3 aliphatic carbocycles. The summed E-state index contributed by atoms with van der Waals surface area (Å²) in [6.45, 7) is 9.14. The van der Waals surface area contributed by atoms with Crippen molar-refractivity contribution in [1.29, 1.82) is 0 Å². The van der Waals surface area contributed by atoms with Gasteiger partial charge in [-0.25, -0.2) is 4.79 Å². The van der Waals surface area contributed by atoms with Gasteiger partial charge in [0.15, 0.2) is 0 Å². The molecule has 5 heteroatoms. The third kappa shape index (κ3) is 4.45. The van der Waals surface area contributed by atoms with E-state index in [2.05, 4.69) is 50.1 Å². The van der Waals surface area contributed by atoms with Crippen LogP contribution in [0.4, 0.5) is 0 Å². The van der Waals surface area contributed by atoms with Crippen LogP contribution in [0.1, 0.15) is 71.8 Å². The minimum absolute atomic E-state index is 0.00950. The predicted octanol–water partition coefficient (Wildman–Crippen LogP) is 6.50. The maximum Gasteiger partial charge on any atom is 0.328 e. The van der Waals surface area contributed by atoms with Gasteiger partial charge < -0.3 is 15.0 Å². The zero-order valence-electron chi connectivity index (χ0n) is 23.0. The summed E-state index contributed by atoms with van der Waals surface area (Å²) < 4.78 is 5.14. The lowest BCUT2D eigenvalue weighted by Gasteiger charge is -2.57. The van der Waals surface area contributed by atoms with E-state index in [4.69, 9.17) is 4.74 Å². The number of benzene rings is 1. The second kappa shape index (κ2) is 9.81. The molecule has 0 spiro atoms. The fourth-order valence-corrected chi connectivity index (χ4v) is 7.80. The predicted molar refractivity (Wildman–Crippen MR) is 148 cm³/mol. The van der Waals surface area contributed by atoms with Crippen LogP contribution in [0, 0.1) is 28.6 Å². The van der Waals surface area contributed by atoms with Crippen LogP contribution in [0.2, 0.25) is 0 Å². The van der Waals surface area contributed by atoms with Crippen molar-refractivity contribution in [2.75, 3.05) is 7.11 Å². The van der Waals surface area contributed by atoms with E-state index in [0.717, 1.165) is 48.6 Å². The number of aromatic amines is 1. The molecule has 1 saturated carbocycles. The van der Waals surface area contributed by atoms with E-state index in [-0.39, 0.29) is 17.2 Å². The summed E-state index contributed by atoms with van der Waals surface area (Å²) in [5.74, 6) is 0.934. The SMILES string of the molecule is COC(=O)C(Cc1c[nH]c2ccccc12)NC(=O)[C@@]1(C)CCC[C@@]2(C)C3CCC(C(C)C)=CC3=CCC21. The summed E-state index contributed by atoms with van der Waals surface area (Å²) in [4.78, 5) is 30.2. The van der Waals surface area contributed by atoms with Gasteiger partial charge in [-0.15, -0.1) is 0 Å². The highest BCUT2D eigenvalue weighted by molar-refractivity contribution is 5.89. The first kappa shape index (κ1) is 25.8. The maximum atomic E-state index is 14.1. The van der Waals surface area contributed by atoms with E-state index in [1.807, 2.05) is 30.5 Å². The number of nitrogens with one attached hydrogen (secondary N) is 2. The third-order valence-corrected chi connectivity index (χ3v) is 9.99. The fourth-order valence-electron chi connectivity index (χ4n) is 7.80. The molecule has 5 atom stereocenters. The molecule has 0 bridgehead atoms. The summed E-state index contributed by atoms with van der Waals surface area (Å²) >= 11 is 0. The summed E-state index contributed by atoms with van der Waals surface area (Å²) in [5.41, 5.74) is 4.64. The molecular weight excluding hydrogens is 460 g/mol. The molecular formula is C32H42N2O3. The highest BCUT2D eigenvalue weighted by Crippen LogP contribution is 2.62. The number of carbonyl (C=O) groups is 2. The molecule has 0 aliphatic heterocycles. The first-order chi connectivity index (χ1) is 17.7. The van der Waals surface area contributed by atoms with Gasteiger partial charge in [-0.1, -0.05) is 70.0 Å². The Morgan fingerprint density at radius 2 is 1.97 bits per heavy atom. The summed E-state index contributed by atoms with van der Waals surface area (Å²) in [6.07, 6.45) is 13.5. The van der Waals surface area contributed by atoms with Crippen LogP contribution in [0.15, 0.2) is 53.8 Å². The Hall–Kier alpha value is -2.82. The van der Waals surface area contributed by atoms with Crippen LogP contribution in [0.25, 0.3) is 10.9 Å². The number of hydrogen-bond donors (Lipinski definition) is 2. The molecule has 2 N–H and O–H groups in total. The monoisotopic (exact) mass is 502 g/mol. The van der Waals surface area contributed by atoms with Gasteiger partial charge in [0, 0.05) is 23.5 Å². The molecule has 2 aromatic rings. The Kier molecular flexibility index (Phi) is 6.84. The third-order valence-electron chi connectivity index (χ3n) is 9.99. The number of aromatic nitrogens is 1. The van der Waals surface area contributed by atoms with Crippen LogP contribution in [0.5, 0.6) is 0 Å². The number of esters is 1. The minimum atomic E-state index is -0.720. The molecule has 5 nitrogen and oxygen atoms in total. The lowest BCUT2D eigenvalue weighted by molar-refractivity contribution is -0.151. The molecule has 3 aliphatic rings. The normalized spacial score (nSPS) is 30.1. The number of carbonyl (C=O) groups excluding carboxylic acids is 2. The standard InChI is InChI=1S/C32H42N2O3/c1-20(2)21-11-13-25-22(17-21)12-14-28-31(25,3)15-8-16-32(28,4)30(36)34-27(29(35)37-5)18-23-19-33-26-10-7-6-9-24(23)26/h6-7,9-10,12,17,19-20,25,27-28,33H,8,11,13-16,18H2,1-5H3,(H,34,36)/t25?,27?,28?,31-,32-/m0/s1. The zero-order chi connectivity index (χ0) is 26.4. The van der Waals surface area contributed by atoms with Gasteiger partial charge >= 0.3 is 5.97 Å². The quantitative estimate of drug-likeness (QED) is 0.443. The molecule has 3 unspecified atom stereocenters. The van der Waals surface area contributed by atoms with Gasteiger partial charge in [-0.2, -0.15) is 0 Å². The van der Waals surface area contributed by atoms with Crippen LogP contribution in [-0.4, -0.2) is 30.0 Å². The number of ether oxygens (including phenoxy) is 1. The molecule has 1 fully saturated rings. The van der Waals surface area contributed by atoms with Crippen molar-refractivity contribution in [3.05, 3.63) is 59.3 Å². The van der Waals surface area contributed by atoms with Crippen molar-refractivity contribution in [1.82, 2.24) is 10.3 Å². The first-order valence-electron chi connectivity index (χ1n) is 14.0. The van der Waals surface area contributed by atoms with Crippen molar-refractivity contribution in [3.8, 4) is 0 Å². The lowest BCUT2D eigenvalue weighted by atomic mass is 9.46. The van der Waals surface area contributed by atoms with E-state index in [1.165, 1.54) is 19.1 Å². The number of rotatable bonds is 6. The van der Waals surface area contributed by atoms with Crippen LogP contribution < -0.4 is 5.32 Å². The molecule has 0 saturated heterocycles. The summed E-state index contributed by atoms with van der Waals surface area (Å²) in [6, 6.07) is 7.32. The van der Waals surface area contributed by atoms with Crippen LogP contribution in [0.3, 0.4) is 0 Å². The fraction of sp³-hybridized carbons (Fsp3) is 0.562. The lowest BCUT2D eigenvalue weighted by Crippen LogP contribution is -2.58. The number of para-hydroxylation sites is 1. The summed E-state index contributed by atoms with van der Waals surface area (Å²) in [5, 5.41) is 4.23.